The Morgan fingerprint density at radius 3 is 2.50 bits per heavy atom. The third-order valence-electron chi connectivity index (χ3n) is 4.33. The average Bonchev–Trinajstić information content (AvgIpc) is 3.09. The van der Waals surface area contributed by atoms with Gasteiger partial charge in [-0.1, -0.05) is 32.0 Å². The Bertz CT molecular complexity index is 809. The van der Waals surface area contributed by atoms with Gasteiger partial charge in [-0.2, -0.15) is 0 Å². The van der Waals surface area contributed by atoms with Crippen LogP contribution in [0.3, 0.4) is 0 Å². The first-order valence-electron chi connectivity index (χ1n) is 8.76. The molecule has 1 aromatic carbocycles. The molecular formula is C18H25N5O4S. The van der Waals surface area contributed by atoms with E-state index in [9.17, 15) is 9.59 Å². The largest absolute Gasteiger partial charge is 0.497 e. The lowest BCUT2D eigenvalue weighted by Crippen LogP contribution is -2.46. The van der Waals surface area contributed by atoms with Gasteiger partial charge in [-0.3, -0.25) is 4.79 Å². The molecule has 0 aliphatic rings. The molecule has 0 saturated heterocycles. The summed E-state index contributed by atoms with van der Waals surface area (Å²) in [5.41, 5.74) is 0.773. The molecule has 0 aliphatic carbocycles. The summed E-state index contributed by atoms with van der Waals surface area (Å²) in [5.74, 6) is 6.49. The van der Waals surface area contributed by atoms with Crippen molar-refractivity contribution < 1.29 is 19.1 Å². The monoisotopic (exact) mass is 407 g/mol. The fraction of sp³-hybridized carbons (Fsp3) is 0.444. The van der Waals surface area contributed by atoms with E-state index in [1.807, 2.05) is 26.0 Å². The fourth-order valence-electron chi connectivity index (χ4n) is 2.45. The number of benzene rings is 1. The summed E-state index contributed by atoms with van der Waals surface area (Å²) >= 11 is 1.13. The number of nitrogens with zero attached hydrogens (tertiary/aromatic N) is 3. The van der Waals surface area contributed by atoms with E-state index in [0.29, 0.717) is 11.0 Å². The minimum atomic E-state index is -0.686. The quantitative estimate of drug-likeness (QED) is 0.364. The molecule has 10 heteroatoms. The number of esters is 1. The van der Waals surface area contributed by atoms with Crippen molar-refractivity contribution in [1.82, 2.24) is 20.2 Å². The summed E-state index contributed by atoms with van der Waals surface area (Å²) < 4.78 is 11.2. The minimum Gasteiger partial charge on any atom is -0.497 e. The van der Waals surface area contributed by atoms with Crippen LogP contribution in [-0.2, 0) is 14.3 Å². The predicted molar refractivity (Wildman–Crippen MR) is 106 cm³/mol. The number of nitrogen functional groups attached to an aromatic ring is 1. The Morgan fingerprint density at radius 2 is 1.93 bits per heavy atom. The SMILES string of the molecule is CC[C@H](C)[C@H](NC(=O)CSc1nnc(-c2ccc(OC)cc2)n1N)C(=O)OC. The molecule has 0 unspecified atom stereocenters. The zero-order valence-corrected chi connectivity index (χ0v) is 17.2. The third kappa shape index (κ3) is 5.16. The maximum Gasteiger partial charge on any atom is 0.328 e. The van der Waals surface area contributed by atoms with Crippen LogP contribution in [-0.4, -0.2) is 52.8 Å². The molecule has 0 spiro atoms. The maximum absolute atomic E-state index is 12.3. The van der Waals surface area contributed by atoms with Crippen LogP contribution in [0.2, 0.25) is 0 Å². The van der Waals surface area contributed by atoms with E-state index in [0.717, 1.165) is 29.5 Å². The molecule has 152 valence electrons. The number of hydrogen-bond acceptors (Lipinski definition) is 8. The number of amides is 1. The van der Waals surface area contributed by atoms with Gasteiger partial charge in [-0.25, -0.2) is 9.47 Å². The van der Waals surface area contributed by atoms with Gasteiger partial charge in [-0.05, 0) is 30.2 Å². The number of aromatic nitrogens is 3. The highest BCUT2D eigenvalue weighted by molar-refractivity contribution is 7.99. The Morgan fingerprint density at radius 1 is 1.25 bits per heavy atom. The smallest absolute Gasteiger partial charge is 0.328 e. The molecule has 3 N–H and O–H groups in total. The predicted octanol–water partition coefficient (Wildman–Crippen LogP) is 1.46. The number of ether oxygens (including phenoxy) is 2. The molecule has 0 radical (unpaired) electrons. The lowest BCUT2D eigenvalue weighted by atomic mass is 9.99. The van der Waals surface area contributed by atoms with Gasteiger partial charge >= 0.3 is 5.97 Å². The highest BCUT2D eigenvalue weighted by atomic mass is 32.2. The second-order valence-electron chi connectivity index (χ2n) is 6.15. The molecule has 1 aromatic heterocycles. The summed E-state index contributed by atoms with van der Waals surface area (Å²) in [6.07, 6.45) is 0.732. The van der Waals surface area contributed by atoms with Crippen molar-refractivity contribution in [3.05, 3.63) is 24.3 Å². The first-order chi connectivity index (χ1) is 13.4. The van der Waals surface area contributed by atoms with Crippen LogP contribution >= 0.6 is 11.8 Å². The summed E-state index contributed by atoms with van der Waals surface area (Å²) in [5, 5.41) is 11.2. The van der Waals surface area contributed by atoms with Crippen molar-refractivity contribution in [1.29, 1.82) is 0 Å². The lowest BCUT2D eigenvalue weighted by Gasteiger charge is -2.21. The number of nitrogens with one attached hydrogen (secondary N) is 1. The Balaban J connectivity index is 2.01. The van der Waals surface area contributed by atoms with Crippen molar-refractivity contribution in [2.45, 2.75) is 31.5 Å². The minimum absolute atomic E-state index is 0.0405. The fourth-order valence-corrected chi connectivity index (χ4v) is 3.12. The first kappa shape index (κ1) is 21.5. The van der Waals surface area contributed by atoms with Crippen molar-refractivity contribution >= 4 is 23.6 Å². The molecule has 1 heterocycles. The molecule has 9 nitrogen and oxygen atoms in total. The third-order valence-corrected chi connectivity index (χ3v) is 5.27. The van der Waals surface area contributed by atoms with Gasteiger partial charge in [0.25, 0.3) is 0 Å². The first-order valence-corrected chi connectivity index (χ1v) is 9.74. The maximum atomic E-state index is 12.3. The number of hydrogen-bond donors (Lipinski definition) is 2. The van der Waals surface area contributed by atoms with Crippen molar-refractivity contribution in [2.24, 2.45) is 5.92 Å². The molecule has 1 amide bonds. The topological polar surface area (TPSA) is 121 Å². The Hall–Kier alpha value is -2.75. The molecule has 0 bridgehead atoms. The summed E-state index contributed by atoms with van der Waals surface area (Å²) in [6.45, 7) is 3.83. The zero-order valence-electron chi connectivity index (χ0n) is 16.3. The summed E-state index contributed by atoms with van der Waals surface area (Å²) in [4.78, 5) is 24.2. The van der Waals surface area contributed by atoms with Gasteiger partial charge in [0.05, 0.1) is 20.0 Å². The van der Waals surface area contributed by atoms with E-state index >= 15 is 0 Å². The number of carbonyl (C=O) groups excluding carboxylic acids is 2. The van der Waals surface area contributed by atoms with Crippen LogP contribution in [0.1, 0.15) is 20.3 Å². The number of thioether (sulfide) groups is 1. The van der Waals surface area contributed by atoms with E-state index in [1.165, 1.54) is 11.8 Å². The van der Waals surface area contributed by atoms with Crippen LogP contribution in [0.4, 0.5) is 0 Å². The van der Waals surface area contributed by atoms with Crippen LogP contribution in [0.5, 0.6) is 5.75 Å². The zero-order chi connectivity index (χ0) is 20.7. The van der Waals surface area contributed by atoms with E-state index < -0.39 is 12.0 Å². The second-order valence-corrected chi connectivity index (χ2v) is 7.09. The molecule has 0 fully saturated rings. The number of rotatable bonds is 9. The van der Waals surface area contributed by atoms with Gasteiger partial charge in [0.1, 0.15) is 11.8 Å². The summed E-state index contributed by atoms with van der Waals surface area (Å²) in [6, 6.07) is 6.55. The van der Waals surface area contributed by atoms with E-state index in [4.69, 9.17) is 15.3 Å². The molecule has 2 aromatic rings. The Kier molecular flexibility index (Phi) is 7.68. The van der Waals surface area contributed by atoms with Gasteiger partial charge in [0.2, 0.25) is 11.1 Å². The average molecular weight is 407 g/mol. The summed E-state index contributed by atoms with van der Waals surface area (Å²) in [7, 11) is 2.89. The second kappa shape index (κ2) is 9.98. The lowest BCUT2D eigenvalue weighted by molar-refractivity contribution is -0.146. The van der Waals surface area contributed by atoms with Gasteiger partial charge in [0, 0.05) is 5.56 Å². The molecule has 2 rings (SSSR count). The van der Waals surface area contributed by atoms with E-state index in [-0.39, 0.29) is 17.6 Å². The molecule has 2 atom stereocenters. The number of carbonyl (C=O) groups is 2. The highest BCUT2D eigenvalue weighted by Gasteiger charge is 2.26. The van der Waals surface area contributed by atoms with Crippen LogP contribution in [0.15, 0.2) is 29.4 Å². The van der Waals surface area contributed by atoms with Gasteiger partial charge in [-0.15, -0.1) is 10.2 Å². The molecule has 0 aliphatic heterocycles. The van der Waals surface area contributed by atoms with Crippen molar-refractivity contribution in [3.63, 3.8) is 0 Å². The van der Waals surface area contributed by atoms with E-state index in [1.54, 1.807) is 19.2 Å². The van der Waals surface area contributed by atoms with Crippen LogP contribution in [0.25, 0.3) is 11.4 Å². The number of methoxy groups -OCH3 is 2. The number of nitrogens with two attached hydrogens (primary N) is 1. The standard InChI is InChI=1S/C18H25N5O4S/c1-5-11(2)15(17(25)27-4)20-14(24)10-28-18-22-21-16(23(18)19)12-6-8-13(26-3)9-7-12/h6-9,11,15H,5,10,19H2,1-4H3,(H,20,24)/t11-,15-/m0/s1. The molecule has 0 saturated carbocycles. The van der Waals surface area contributed by atoms with Gasteiger partial charge < -0.3 is 20.6 Å². The molecular weight excluding hydrogens is 382 g/mol. The molecule has 28 heavy (non-hydrogen) atoms. The van der Waals surface area contributed by atoms with Crippen molar-refractivity contribution in [2.75, 3.05) is 25.8 Å². The van der Waals surface area contributed by atoms with Crippen molar-refractivity contribution in [3.8, 4) is 17.1 Å². The van der Waals surface area contributed by atoms with E-state index in [2.05, 4.69) is 15.5 Å². The highest BCUT2D eigenvalue weighted by Crippen LogP contribution is 2.23. The van der Waals surface area contributed by atoms with Crippen LogP contribution < -0.4 is 15.9 Å². The normalized spacial score (nSPS) is 12.9. The van der Waals surface area contributed by atoms with Gasteiger partial charge in [0.15, 0.2) is 5.82 Å². The Labute approximate surface area is 167 Å². The van der Waals surface area contributed by atoms with Crippen LogP contribution in [0, 0.1) is 5.92 Å².